The molecule has 0 fully saturated rings. The number of carbonyl (C=O) groups is 1. The van der Waals surface area contributed by atoms with E-state index in [9.17, 15) is 4.79 Å². The summed E-state index contributed by atoms with van der Waals surface area (Å²) in [4.78, 5) is 11.6. The van der Waals surface area contributed by atoms with Gasteiger partial charge in [-0.05, 0) is 31.9 Å². The van der Waals surface area contributed by atoms with Gasteiger partial charge in [0.1, 0.15) is 5.60 Å². The molecule has 0 atom stereocenters. The van der Waals surface area contributed by atoms with Crippen molar-refractivity contribution in [3.63, 3.8) is 0 Å². The van der Waals surface area contributed by atoms with Crippen molar-refractivity contribution in [1.82, 2.24) is 0 Å². The van der Waals surface area contributed by atoms with Gasteiger partial charge in [-0.3, -0.25) is 4.79 Å². The summed E-state index contributed by atoms with van der Waals surface area (Å²) in [6.07, 6.45) is 0.297. The molecule has 1 rings (SSSR count). The zero-order chi connectivity index (χ0) is 14.2. The van der Waals surface area contributed by atoms with E-state index >= 15 is 0 Å². The van der Waals surface area contributed by atoms with Gasteiger partial charge in [-0.1, -0.05) is 38.1 Å². The van der Waals surface area contributed by atoms with Gasteiger partial charge in [0.2, 0.25) is 0 Å². The lowest BCUT2D eigenvalue weighted by atomic mass is 10.1. The van der Waals surface area contributed by atoms with Gasteiger partial charge in [0.05, 0.1) is 6.42 Å². The Hall–Kier alpha value is -1.35. The first-order valence-corrected chi connectivity index (χ1v) is 6.40. The third kappa shape index (κ3) is 7.07. The Morgan fingerprint density at radius 3 is 2.28 bits per heavy atom. The van der Waals surface area contributed by atoms with Gasteiger partial charge >= 0.3 is 5.97 Å². The van der Waals surface area contributed by atoms with Crippen LogP contribution in [0.2, 0.25) is 0 Å². The third-order valence-corrected chi connectivity index (χ3v) is 2.00. The number of ether oxygens (including phenoxy) is 1. The van der Waals surface area contributed by atoms with Crippen LogP contribution in [0.25, 0.3) is 0 Å². The van der Waals surface area contributed by atoms with Crippen molar-refractivity contribution in [2.75, 3.05) is 0 Å². The lowest BCUT2D eigenvalue weighted by Gasteiger charge is -2.19. The molecule has 0 amide bonds. The molecule has 3 heteroatoms. The molecule has 0 aliphatic heterocycles. The molecule has 0 aromatic heterocycles. The quantitative estimate of drug-likeness (QED) is 0.840. The van der Waals surface area contributed by atoms with Crippen LogP contribution < -0.4 is 5.73 Å². The fourth-order valence-corrected chi connectivity index (χ4v) is 1.41. The van der Waals surface area contributed by atoms with Crippen LogP contribution in [-0.2, 0) is 22.5 Å². The van der Waals surface area contributed by atoms with E-state index in [-0.39, 0.29) is 5.97 Å². The second-order valence-electron chi connectivity index (χ2n) is 4.79. The maximum Gasteiger partial charge on any atom is 0.310 e. The molecule has 0 heterocycles. The summed E-state index contributed by atoms with van der Waals surface area (Å²) in [5, 5.41) is 0. The second-order valence-corrected chi connectivity index (χ2v) is 4.79. The van der Waals surface area contributed by atoms with E-state index in [2.05, 4.69) is 0 Å². The monoisotopic (exact) mass is 251 g/mol. The predicted molar refractivity (Wildman–Crippen MR) is 75.2 cm³/mol. The normalized spacial score (nSPS) is 10.3. The number of hydrogen-bond donors (Lipinski definition) is 1. The molecule has 1 aromatic rings. The highest BCUT2D eigenvalue weighted by Gasteiger charge is 2.16. The van der Waals surface area contributed by atoms with Crippen LogP contribution in [0.15, 0.2) is 24.3 Å². The van der Waals surface area contributed by atoms with E-state index < -0.39 is 5.60 Å². The average Bonchev–Trinajstić information content (AvgIpc) is 2.29. The van der Waals surface area contributed by atoms with Crippen molar-refractivity contribution < 1.29 is 9.53 Å². The number of nitrogens with two attached hydrogens (primary N) is 1. The molecule has 0 saturated carbocycles. The van der Waals surface area contributed by atoms with Crippen molar-refractivity contribution in [2.45, 2.75) is 53.2 Å². The molecule has 0 aliphatic carbocycles. The van der Waals surface area contributed by atoms with Crippen LogP contribution in [0.5, 0.6) is 0 Å². The fourth-order valence-electron chi connectivity index (χ4n) is 1.41. The fraction of sp³-hybridized carbons (Fsp3) is 0.533. The van der Waals surface area contributed by atoms with Crippen molar-refractivity contribution in [1.29, 1.82) is 0 Å². The topological polar surface area (TPSA) is 52.3 Å². The highest BCUT2D eigenvalue weighted by molar-refractivity contribution is 5.73. The summed E-state index contributed by atoms with van der Waals surface area (Å²) in [7, 11) is 0. The van der Waals surface area contributed by atoms with Crippen molar-refractivity contribution in [2.24, 2.45) is 5.73 Å². The van der Waals surface area contributed by atoms with Gasteiger partial charge in [0.25, 0.3) is 0 Å². The minimum Gasteiger partial charge on any atom is -0.460 e. The van der Waals surface area contributed by atoms with E-state index in [1.165, 1.54) is 0 Å². The molecule has 1 aromatic carbocycles. The molecule has 102 valence electrons. The van der Waals surface area contributed by atoms with Gasteiger partial charge in [-0.25, -0.2) is 0 Å². The molecule has 0 bridgehead atoms. The Labute approximate surface area is 110 Å². The molecular formula is C15H25NO2. The summed E-state index contributed by atoms with van der Waals surface area (Å²) in [6, 6.07) is 7.69. The van der Waals surface area contributed by atoms with Crippen molar-refractivity contribution in [3.8, 4) is 0 Å². The van der Waals surface area contributed by atoms with Gasteiger partial charge < -0.3 is 10.5 Å². The summed E-state index contributed by atoms with van der Waals surface area (Å²) in [5.41, 5.74) is 7.08. The second kappa shape index (κ2) is 7.88. The molecule has 0 unspecified atom stereocenters. The highest BCUT2D eigenvalue weighted by atomic mass is 16.6. The lowest BCUT2D eigenvalue weighted by Crippen LogP contribution is -2.24. The third-order valence-electron chi connectivity index (χ3n) is 2.00. The standard InChI is InChI=1S/C13H19NO2.C2H6/c1-13(2,3)16-12(15)8-10-5-4-6-11(7-10)9-14;1-2/h4-7H,8-9,14H2,1-3H3;1-2H3. The Bertz CT molecular complexity index is 367. The number of benzene rings is 1. The summed E-state index contributed by atoms with van der Waals surface area (Å²) < 4.78 is 5.24. The van der Waals surface area contributed by atoms with E-state index in [4.69, 9.17) is 10.5 Å². The van der Waals surface area contributed by atoms with Crippen molar-refractivity contribution >= 4 is 5.97 Å². The zero-order valence-electron chi connectivity index (χ0n) is 12.1. The first-order valence-electron chi connectivity index (χ1n) is 6.40. The van der Waals surface area contributed by atoms with Crippen LogP contribution in [0.3, 0.4) is 0 Å². The minimum atomic E-state index is -0.428. The first kappa shape index (κ1) is 16.6. The number of esters is 1. The molecule has 0 radical (unpaired) electrons. The Morgan fingerprint density at radius 2 is 1.78 bits per heavy atom. The summed E-state index contributed by atoms with van der Waals surface area (Å²) in [5.74, 6) is -0.207. The molecule has 18 heavy (non-hydrogen) atoms. The van der Waals surface area contributed by atoms with Crippen LogP contribution in [-0.4, -0.2) is 11.6 Å². The predicted octanol–water partition coefficient (Wildman–Crippen LogP) is 3.06. The zero-order valence-corrected chi connectivity index (χ0v) is 12.1. The lowest BCUT2D eigenvalue weighted by molar-refractivity contribution is -0.153. The van der Waals surface area contributed by atoms with E-state index in [0.29, 0.717) is 13.0 Å². The van der Waals surface area contributed by atoms with Crippen LogP contribution >= 0.6 is 0 Å². The summed E-state index contributed by atoms with van der Waals surface area (Å²) in [6.45, 7) is 10.1. The number of carbonyl (C=O) groups excluding carboxylic acids is 1. The molecule has 3 nitrogen and oxygen atoms in total. The Kier molecular flexibility index (Phi) is 7.29. The first-order chi connectivity index (χ1) is 8.40. The van der Waals surface area contributed by atoms with Gasteiger partial charge in [0, 0.05) is 6.54 Å². The molecule has 0 spiro atoms. The van der Waals surface area contributed by atoms with Crippen molar-refractivity contribution in [3.05, 3.63) is 35.4 Å². The molecular weight excluding hydrogens is 226 g/mol. The molecule has 0 saturated heterocycles. The van der Waals surface area contributed by atoms with E-state index in [1.807, 2.05) is 58.9 Å². The van der Waals surface area contributed by atoms with E-state index in [0.717, 1.165) is 11.1 Å². The molecule has 2 N–H and O–H groups in total. The van der Waals surface area contributed by atoms with Crippen LogP contribution in [0.1, 0.15) is 45.7 Å². The number of hydrogen-bond acceptors (Lipinski definition) is 3. The minimum absolute atomic E-state index is 0.207. The van der Waals surface area contributed by atoms with Crippen LogP contribution in [0.4, 0.5) is 0 Å². The Morgan fingerprint density at radius 1 is 1.22 bits per heavy atom. The van der Waals surface area contributed by atoms with E-state index in [1.54, 1.807) is 0 Å². The van der Waals surface area contributed by atoms with Gasteiger partial charge in [-0.15, -0.1) is 0 Å². The summed E-state index contributed by atoms with van der Waals surface area (Å²) >= 11 is 0. The van der Waals surface area contributed by atoms with Gasteiger partial charge in [0.15, 0.2) is 0 Å². The Balaban J connectivity index is 0.00000137. The number of rotatable bonds is 3. The smallest absolute Gasteiger partial charge is 0.310 e. The largest absolute Gasteiger partial charge is 0.460 e. The maximum atomic E-state index is 11.6. The average molecular weight is 251 g/mol. The van der Waals surface area contributed by atoms with Gasteiger partial charge in [-0.2, -0.15) is 0 Å². The SMILES string of the molecule is CC.CC(C)(C)OC(=O)Cc1cccc(CN)c1. The maximum absolute atomic E-state index is 11.6. The van der Waals surface area contributed by atoms with Crippen LogP contribution in [0, 0.1) is 0 Å². The highest BCUT2D eigenvalue weighted by Crippen LogP contribution is 2.11. The molecule has 0 aliphatic rings.